The van der Waals surface area contributed by atoms with Gasteiger partial charge in [0, 0.05) is 24.5 Å². The number of hydrogen-bond acceptors (Lipinski definition) is 3. The van der Waals surface area contributed by atoms with Crippen LogP contribution in [-0.4, -0.2) is 35.9 Å². The number of benzene rings is 3. The van der Waals surface area contributed by atoms with E-state index in [-0.39, 0.29) is 25.0 Å². The van der Waals surface area contributed by atoms with Gasteiger partial charge in [0.2, 0.25) is 5.91 Å². The molecule has 0 saturated heterocycles. The van der Waals surface area contributed by atoms with Crippen molar-refractivity contribution in [3.8, 4) is 5.75 Å². The second-order valence-corrected chi connectivity index (χ2v) is 8.72. The number of hydrogen-bond donors (Lipinski definition) is 1. The van der Waals surface area contributed by atoms with Crippen LogP contribution in [0.5, 0.6) is 5.75 Å². The van der Waals surface area contributed by atoms with Gasteiger partial charge in [0.25, 0.3) is 5.91 Å². The molecule has 6 heteroatoms. The van der Waals surface area contributed by atoms with Crippen molar-refractivity contribution in [2.24, 2.45) is 0 Å². The highest BCUT2D eigenvalue weighted by Gasteiger charge is 2.30. The normalized spacial score (nSPS) is 11.5. The van der Waals surface area contributed by atoms with E-state index in [4.69, 9.17) is 16.3 Å². The van der Waals surface area contributed by atoms with Crippen molar-refractivity contribution in [3.63, 3.8) is 0 Å². The zero-order chi connectivity index (χ0) is 24.5. The van der Waals surface area contributed by atoms with Crippen LogP contribution < -0.4 is 10.1 Å². The molecule has 34 heavy (non-hydrogen) atoms. The van der Waals surface area contributed by atoms with E-state index >= 15 is 0 Å². The summed E-state index contributed by atoms with van der Waals surface area (Å²) < 4.78 is 5.84. The van der Waals surface area contributed by atoms with Crippen molar-refractivity contribution in [2.75, 3.05) is 13.2 Å². The third-order valence-corrected chi connectivity index (χ3v) is 5.98. The first-order valence-electron chi connectivity index (χ1n) is 11.4. The molecule has 1 N–H and O–H groups in total. The summed E-state index contributed by atoms with van der Waals surface area (Å²) in [7, 11) is 0. The molecule has 3 rings (SSSR count). The minimum Gasteiger partial charge on any atom is -0.484 e. The van der Waals surface area contributed by atoms with Crippen LogP contribution in [0.2, 0.25) is 5.02 Å². The van der Waals surface area contributed by atoms with Gasteiger partial charge in [-0.1, -0.05) is 60.1 Å². The Morgan fingerprint density at radius 3 is 2.29 bits per heavy atom. The van der Waals surface area contributed by atoms with E-state index in [9.17, 15) is 9.59 Å². The van der Waals surface area contributed by atoms with E-state index in [0.29, 0.717) is 23.7 Å². The topological polar surface area (TPSA) is 58.6 Å². The number of likely N-dealkylation sites (N-methyl/N-ethyl adjacent to an activating group) is 1. The molecule has 5 nitrogen and oxygen atoms in total. The summed E-state index contributed by atoms with van der Waals surface area (Å²) in [6, 6.07) is 22.0. The molecule has 0 saturated carbocycles. The molecule has 0 aromatic heterocycles. The molecule has 1 unspecified atom stereocenters. The van der Waals surface area contributed by atoms with Crippen LogP contribution in [0.3, 0.4) is 0 Å². The molecule has 2 amide bonds. The highest BCUT2D eigenvalue weighted by molar-refractivity contribution is 6.30. The van der Waals surface area contributed by atoms with E-state index in [2.05, 4.69) is 5.32 Å². The number of carbonyl (C=O) groups excluding carboxylic acids is 2. The summed E-state index contributed by atoms with van der Waals surface area (Å²) in [6.07, 6.45) is 0.398. The van der Waals surface area contributed by atoms with Crippen molar-refractivity contribution >= 4 is 23.4 Å². The molecule has 0 aliphatic carbocycles. The van der Waals surface area contributed by atoms with Crippen LogP contribution in [0.15, 0.2) is 72.8 Å². The maximum absolute atomic E-state index is 13.5. The summed E-state index contributed by atoms with van der Waals surface area (Å²) in [4.78, 5) is 28.2. The molecule has 0 heterocycles. The number of nitrogens with zero attached hydrogens (tertiary/aromatic N) is 1. The molecule has 3 aromatic carbocycles. The number of amides is 2. The highest BCUT2D eigenvalue weighted by Crippen LogP contribution is 2.19. The van der Waals surface area contributed by atoms with E-state index in [1.165, 1.54) is 0 Å². The van der Waals surface area contributed by atoms with Crippen molar-refractivity contribution in [3.05, 3.63) is 100 Å². The summed E-state index contributed by atoms with van der Waals surface area (Å²) in [5.41, 5.74) is 4.10. The fourth-order valence-electron chi connectivity index (χ4n) is 3.66. The first kappa shape index (κ1) is 25.3. The second-order valence-electron chi connectivity index (χ2n) is 8.28. The van der Waals surface area contributed by atoms with Gasteiger partial charge in [0.15, 0.2) is 6.61 Å². The minimum atomic E-state index is -0.686. The third-order valence-electron chi connectivity index (χ3n) is 5.73. The number of nitrogens with one attached hydrogen (secondary N) is 1. The predicted octanol–water partition coefficient (Wildman–Crippen LogP) is 5.11. The Morgan fingerprint density at radius 2 is 1.65 bits per heavy atom. The third kappa shape index (κ3) is 7.09. The molecule has 0 fully saturated rings. The average Bonchev–Trinajstić information content (AvgIpc) is 2.84. The molecule has 0 spiro atoms. The van der Waals surface area contributed by atoms with Gasteiger partial charge in [-0.2, -0.15) is 0 Å². The van der Waals surface area contributed by atoms with Gasteiger partial charge in [-0.3, -0.25) is 9.59 Å². The smallest absolute Gasteiger partial charge is 0.261 e. The Kier molecular flexibility index (Phi) is 9.11. The Labute approximate surface area is 206 Å². The lowest BCUT2D eigenvalue weighted by atomic mass is 10.0. The second kappa shape index (κ2) is 12.2. The van der Waals surface area contributed by atoms with E-state index in [1.54, 1.807) is 17.0 Å². The van der Waals surface area contributed by atoms with Crippen LogP contribution in [0, 0.1) is 13.8 Å². The van der Waals surface area contributed by atoms with Gasteiger partial charge in [-0.15, -0.1) is 0 Å². The standard InChI is InChI=1S/C28H31ClN2O3/c1-4-30-28(33)26(17-22-8-6-5-7-9-22)31(18-23-11-13-24(29)14-12-23)27(32)19-34-25-15-10-20(2)21(3)16-25/h5-16,26H,4,17-19H2,1-3H3,(H,30,33). The van der Waals surface area contributed by atoms with Gasteiger partial charge in [0.05, 0.1) is 0 Å². The van der Waals surface area contributed by atoms with E-state index < -0.39 is 6.04 Å². The zero-order valence-electron chi connectivity index (χ0n) is 19.9. The van der Waals surface area contributed by atoms with Crippen LogP contribution >= 0.6 is 11.6 Å². The Hall–Kier alpha value is -3.31. The maximum atomic E-state index is 13.5. The summed E-state index contributed by atoms with van der Waals surface area (Å²) >= 11 is 6.05. The molecular formula is C28H31ClN2O3. The van der Waals surface area contributed by atoms with Gasteiger partial charge >= 0.3 is 0 Å². The molecule has 0 radical (unpaired) electrons. The van der Waals surface area contributed by atoms with Crippen LogP contribution in [-0.2, 0) is 22.6 Å². The Morgan fingerprint density at radius 1 is 0.941 bits per heavy atom. The van der Waals surface area contributed by atoms with Crippen molar-refractivity contribution in [1.29, 1.82) is 0 Å². The number of ether oxygens (including phenoxy) is 1. The Balaban J connectivity index is 1.88. The van der Waals surface area contributed by atoms with Gasteiger partial charge < -0.3 is 15.0 Å². The van der Waals surface area contributed by atoms with E-state index in [1.807, 2.05) is 81.4 Å². The number of rotatable bonds is 10. The molecule has 0 aliphatic rings. The monoisotopic (exact) mass is 478 g/mol. The number of carbonyl (C=O) groups is 2. The molecule has 0 aliphatic heterocycles. The summed E-state index contributed by atoms with van der Waals surface area (Å²) in [5.74, 6) is 0.167. The minimum absolute atomic E-state index is 0.166. The van der Waals surface area contributed by atoms with Crippen LogP contribution in [0.1, 0.15) is 29.2 Å². The summed E-state index contributed by atoms with van der Waals surface area (Å²) in [5, 5.41) is 3.50. The zero-order valence-corrected chi connectivity index (χ0v) is 20.6. The predicted molar refractivity (Wildman–Crippen MR) is 136 cm³/mol. The molecule has 0 bridgehead atoms. The molecule has 3 aromatic rings. The fraction of sp³-hybridized carbons (Fsp3) is 0.286. The quantitative estimate of drug-likeness (QED) is 0.440. The molecule has 1 atom stereocenters. The first-order chi connectivity index (χ1) is 16.4. The molecule has 178 valence electrons. The van der Waals surface area contributed by atoms with Crippen LogP contribution in [0.4, 0.5) is 0 Å². The Bertz CT molecular complexity index is 1100. The lowest BCUT2D eigenvalue weighted by molar-refractivity contribution is -0.142. The van der Waals surface area contributed by atoms with Gasteiger partial charge in [-0.05, 0) is 67.3 Å². The van der Waals surface area contributed by atoms with Gasteiger partial charge in [0.1, 0.15) is 11.8 Å². The van der Waals surface area contributed by atoms with Crippen LogP contribution in [0.25, 0.3) is 0 Å². The lowest BCUT2D eigenvalue weighted by Gasteiger charge is -2.31. The van der Waals surface area contributed by atoms with Crippen molar-refractivity contribution in [2.45, 2.75) is 39.8 Å². The maximum Gasteiger partial charge on any atom is 0.261 e. The van der Waals surface area contributed by atoms with Crippen molar-refractivity contribution in [1.82, 2.24) is 10.2 Å². The van der Waals surface area contributed by atoms with Crippen molar-refractivity contribution < 1.29 is 14.3 Å². The van der Waals surface area contributed by atoms with E-state index in [0.717, 1.165) is 22.3 Å². The lowest BCUT2D eigenvalue weighted by Crippen LogP contribution is -2.51. The highest BCUT2D eigenvalue weighted by atomic mass is 35.5. The number of aryl methyl sites for hydroxylation is 2. The average molecular weight is 479 g/mol. The summed E-state index contributed by atoms with van der Waals surface area (Å²) in [6.45, 7) is 6.47. The fourth-order valence-corrected chi connectivity index (χ4v) is 3.79. The van der Waals surface area contributed by atoms with Gasteiger partial charge in [-0.25, -0.2) is 0 Å². The number of halogens is 1. The molecular weight excluding hydrogens is 448 g/mol. The largest absolute Gasteiger partial charge is 0.484 e. The SMILES string of the molecule is CCNC(=O)C(Cc1ccccc1)N(Cc1ccc(Cl)cc1)C(=O)COc1ccc(C)c(C)c1. The first-order valence-corrected chi connectivity index (χ1v) is 11.8.